The standard InChI is InChI=1S/C13H16BrN3O/c14-11-2-1-3-12-10(11)6-9-7-16(8-13(15)18)4-5-17(9)12/h1-3,9H,4-8H2,(H2,15,18)/t9-/m1/s1. The summed E-state index contributed by atoms with van der Waals surface area (Å²) in [5, 5.41) is 0. The van der Waals surface area contributed by atoms with E-state index in [1.54, 1.807) is 0 Å². The number of anilines is 1. The van der Waals surface area contributed by atoms with E-state index in [0.717, 1.165) is 26.1 Å². The second-order valence-corrected chi connectivity index (χ2v) is 5.84. The maximum Gasteiger partial charge on any atom is 0.231 e. The molecule has 4 nitrogen and oxygen atoms in total. The van der Waals surface area contributed by atoms with Crippen LogP contribution in [0.25, 0.3) is 0 Å². The number of fused-ring (bicyclic) bond motifs is 3. The average molecular weight is 310 g/mol. The number of piperazine rings is 1. The van der Waals surface area contributed by atoms with Crippen LogP contribution in [0, 0.1) is 0 Å². The number of hydrogen-bond acceptors (Lipinski definition) is 3. The van der Waals surface area contributed by atoms with Gasteiger partial charge in [0.15, 0.2) is 0 Å². The Balaban J connectivity index is 1.79. The van der Waals surface area contributed by atoms with E-state index >= 15 is 0 Å². The van der Waals surface area contributed by atoms with Crippen molar-refractivity contribution in [2.75, 3.05) is 31.1 Å². The van der Waals surface area contributed by atoms with Crippen LogP contribution in [0.5, 0.6) is 0 Å². The van der Waals surface area contributed by atoms with Crippen LogP contribution in [0.15, 0.2) is 22.7 Å². The van der Waals surface area contributed by atoms with Gasteiger partial charge in [0.2, 0.25) is 5.91 Å². The van der Waals surface area contributed by atoms with E-state index in [1.165, 1.54) is 15.7 Å². The van der Waals surface area contributed by atoms with Crippen LogP contribution in [0.4, 0.5) is 5.69 Å². The van der Waals surface area contributed by atoms with Crippen molar-refractivity contribution in [1.82, 2.24) is 4.90 Å². The lowest BCUT2D eigenvalue weighted by Gasteiger charge is -2.38. The van der Waals surface area contributed by atoms with Gasteiger partial charge >= 0.3 is 0 Å². The number of nitrogens with zero attached hydrogens (tertiary/aromatic N) is 2. The molecule has 0 aromatic heterocycles. The lowest BCUT2D eigenvalue weighted by Crippen LogP contribution is -2.53. The maximum atomic E-state index is 11.0. The van der Waals surface area contributed by atoms with Crippen molar-refractivity contribution in [2.45, 2.75) is 12.5 Å². The molecule has 0 aliphatic carbocycles. The van der Waals surface area contributed by atoms with Crippen LogP contribution in [-0.2, 0) is 11.2 Å². The molecule has 1 fully saturated rings. The zero-order valence-electron chi connectivity index (χ0n) is 10.1. The van der Waals surface area contributed by atoms with Crippen molar-refractivity contribution < 1.29 is 4.79 Å². The van der Waals surface area contributed by atoms with Crippen molar-refractivity contribution in [2.24, 2.45) is 5.73 Å². The third-order valence-corrected chi connectivity index (χ3v) is 4.53. The molecule has 0 spiro atoms. The Labute approximate surface area is 115 Å². The summed E-state index contributed by atoms with van der Waals surface area (Å²) in [6, 6.07) is 6.84. The van der Waals surface area contributed by atoms with E-state index in [1.807, 2.05) is 0 Å². The van der Waals surface area contributed by atoms with Crippen molar-refractivity contribution in [3.63, 3.8) is 0 Å². The molecule has 3 rings (SSSR count). The Kier molecular flexibility index (Phi) is 3.03. The summed E-state index contributed by atoms with van der Waals surface area (Å²) in [6.45, 7) is 3.18. The average Bonchev–Trinajstić information content (AvgIpc) is 2.67. The normalized spacial score (nSPS) is 22.7. The van der Waals surface area contributed by atoms with Gasteiger partial charge in [0, 0.05) is 35.8 Å². The molecule has 1 amide bonds. The summed E-state index contributed by atoms with van der Waals surface area (Å²) in [5.74, 6) is -0.236. The summed E-state index contributed by atoms with van der Waals surface area (Å²) < 4.78 is 1.19. The van der Waals surface area contributed by atoms with Crippen LogP contribution < -0.4 is 10.6 Å². The largest absolute Gasteiger partial charge is 0.369 e. The summed E-state index contributed by atoms with van der Waals surface area (Å²) in [6.07, 6.45) is 1.05. The van der Waals surface area contributed by atoms with Gasteiger partial charge in [0.25, 0.3) is 0 Å². The second kappa shape index (κ2) is 4.55. The molecule has 0 radical (unpaired) electrons. The van der Waals surface area contributed by atoms with Crippen molar-refractivity contribution in [1.29, 1.82) is 0 Å². The molecule has 2 aliphatic rings. The molecule has 2 aliphatic heterocycles. The first-order valence-electron chi connectivity index (χ1n) is 6.20. The number of nitrogens with two attached hydrogens (primary N) is 1. The lowest BCUT2D eigenvalue weighted by molar-refractivity contribution is -0.119. The molecule has 18 heavy (non-hydrogen) atoms. The summed E-state index contributed by atoms with van der Waals surface area (Å²) in [7, 11) is 0. The molecule has 2 heterocycles. The Morgan fingerprint density at radius 1 is 1.44 bits per heavy atom. The highest BCUT2D eigenvalue weighted by Gasteiger charge is 2.35. The van der Waals surface area contributed by atoms with E-state index < -0.39 is 0 Å². The molecular weight excluding hydrogens is 294 g/mol. The van der Waals surface area contributed by atoms with Gasteiger partial charge in [-0.15, -0.1) is 0 Å². The lowest BCUT2D eigenvalue weighted by atomic mass is 10.1. The monoisotopic (exact) mass is 309 g/mol. The fraction of sp³-hybridized carbons (Fsp3) is 0.462. The second-order valence-electron chi connectivity index (χ2n) is 4.99. The van der Waals surface area contributed by atoms with Gasteiger partial charge in [0.1, 0.15) is 0 Å². The number of amides is 1. The van der Waals surface area contributed by atoms with Crippen LogP contribution in [0.2, 0.25) is 0 Å². The third kappa shape index (κ3) is 2.01. The Morgan fingerprint density at radius 3 is 3.06 bits per heavy atom. The van der Waals surface area contributed by atoms with Crippen LogP contribution in [0.1, 0.15) is 5.56 Å². The van der Waals surface area contributed by atoms with Gasteiger partial charge in [0.05, 0.1) is 6.54 Å². The number of carbonyl (C=O) groups is 1. The molecule has 1 saturated heterocycles. The summed E-state index contributed by atoms with van der Waals surface area (Å²) >= 11 is 3.62. The number of hydrogen-bond donors (Lipinski definition) is 1. The van der Waals surface area contributed by atoms with Gasteiger partial charge in [-0.1, -0.05) is 22.0 Å². The number of benzene rings is 1. The molecule has 1 aromatic carbocycles. The van der Waals surface area contributed by atoms with E-state index in [-0.39, 0.29) is 5.91 Å². The molecule has 0 bridgehead atoms. The molecule has 1 aromatic rings. The number of halogens is 1. The fourth-order valence-electron chi connectivity index (χ4n) is 3.03. The molecule has 1 atom stereocenters. The minimum absolute atomic E-state index is 0.236. The van der Waals surface area contributed by atoms with Gasteiger partial charge in [-0.2, -0.15) is 0 Å². The zero-order valence-corrected chi connectivity index (χ0v) is 11.7. The highest BCUT2D eigenvalue weighted by molar-refractivity contribution is 9.10. The molecule has 0 unspecified atom stereocenters. The van der Waals surface area contributed by atoms with Crippen LogP contribution in [0.3, 0.4) is 0 Å². The number of carbonyl (C=O) groups excluding carboxylic acids is 1. The number of rotatable bonds is 2. The minimum Gasteiger partial charge on any atom is -0.369 e. The smallest absolute Gasteiger partial charge is 0.231 e. The van der Waals surface area contributed by atoms with E-state index in [4.69, 9.17) is 5.73 Å². The van der Waals surface area contributed by atoms with E-state index in [2.05, 4.69) is 43.9 Å². The highest BCUT2D eigenvalue weighted by Crippen LogP contribution is 2.38. The Bertz CT molecular complexity index is 491. The summed E-state index contributed by atoms with van der Waals surface area (Å²) in [4.78, 5) is 15.6. The van der Waals surface area contributed by atoms with Crippen LogP contribution in [-0.4, -0.2) is 43.0 Å². The molecule has 96 valence electrons. The van der Waals surface area contributed by atoms with Gasteiger partial charge in [-0.25, -0.2) is 0 Å². The summed E-state index contributed by atoms with van der Waals surface area (Å²) in [5.41, 5.74) is 8.00. The molecule has 0 saturated carbocycles. The number of primary amides is 1. The quantitative estimate of drug-likeness (QED) is 0.886. The highest BCUT2D eigenvalue weighted by atomic mass is 79.9. The predicted octanol–water partition coefficient (Wildman–Crippen LogP) is 0.981. The Morgan fingerprint density at radius 2 is 2.28 bits per heavy atom. The molecular formula is C13H16BrN3O. The van der Waals surface area contributed by atoms with Crippen molar-refractivity contribution in [3.05, 3.63) is 28.2 Å². The van der Waals surface area contributed by atoms with Crippen LogP contribution >= 0.6 is 15.9 Å². The van der Waals surface area contributed by atoms with E-state index in [9.17, 15) is 4.79 Å². The Hall–Kier alpha value is -1.07. The predicted molar refractivity (Wildman–Crippen MR) is 74.6 cm³/mol. The first-order valence-corrected chi connectivity index (χ1v) is 6.99. The zero-order chi connectivity index (χ0) is 12.7. The third-order valence-electron chi connectivity index (χ3n) is 3.79. The molecule has 2 N–H and O–H groups in total. The van der Waals surface area contributed by atoms with Gasteiger partial charge < -0.3 is 10.6 Å². The van der Waals surface area contributed by atoms with Gasteiger partial charge in [-0.05, 0) is 24.1 Å². The van der Waals surface area contributed by atoms with Crippen molar-refractivity contribution in [3.8, 4) is 0 Å². The molecule has 5 heteroatoms. The minimum atomic E-state index is -0.236. The maximum absolute atomic E-state index is 11.0. The first kappa shape index (κ1) is 12.0. The van der Waals surface area contributed by atoms with Crippen molar-refractivity contribution >= 4 is 27.5 Å². The fourth-order valence-corrected chi connectivity index (χ4v) is 3.55. The van der Waals surface area contributed by atoms with E-state index in [0.29, 0.717) is 12.6 Å². The SMILES string of the molecule is NC(=O)CN1CCN2c3cccc(Br)c3C[C@@H]2C1. The van der Waals surface area contributed by atoms with Gasteiger partial charge in [-0.3, -0.25) is 9.69 Å². The first-order chi connectivity index (χ1) is 8.65. The topological polar surface area (TPSA) is 49.6 Å².